The number of aryl methyl sites for hydroxylation is 1. The Kier molecular flexibility index (Phi) is 6.36. The van der Waals surface area contributed by atoms with Crippen LogP contribution in [0.2, 0.25) is 0 Å². The van der Waals surface area contributed by atoms with Crippen LogP contribution in [0.4, 0.5) is 0 Å². The molecule has 1 aromatic rings. The summed E-state index contributed by atoms with van der Waals surface area (Å²) in [6, 6.07) is 5.53. The number of carbonyl (C=O) groups excluding carboxylic acids is 1. The fraction of sp³-hybridized carbons (Fsp3) is 0.533. The zero-order valence-electron chi connectivity index (χ0n) is 12.1. The lowest BCUT2D eigenvalue weighted by atomic mass is 10.1. The molecule has 0 unspecified atom stereocenters. The smallest absolute Gasteiger partial charge is 0.223 e. The van der Waals surface area contributed by atoms with Crippen LogP contribution in [0.5, 0.6) is 5.75 Å². The summed E-state index contributed by atoms with van der Waals surface area (Å²) in [5, 5.41) is 12.9. The van der Waals surface area contributed by atoms with Gasteiger partial charge in [-0.3, -0.25) is 4.79 Å². The van der Waals surface area contributed by atoms with E-state index in [1.807, 2.05) is 37.8 Å². The largest absolute Gasteiger partial charge is 0.508 e. The fourth-order valence-electron chi connectivity index (χ4n) is 2.01. The van der Waals surface area contributed by atoms with Crippen LogP contribution in [0.15, 0.2) is 18.2 Å². The van der Waals surface area contributed by atoms with Crippen LogP contribution in [0.3, 0.4) is 0 Å². The van der Waals surface area contributed by atoms with E-state index >= 15 is 0 Å². The van der Waals surface area contributed by atoms with Gasteiger partial charge >= 0.3 is 0 Å². The number of aromatic hydroxyl groups is 1. The zero-order valence-corrected chi connectivity index (χ0v) is 12.1. The van der Waals surface area contributed by atoms with Crippen LogP contribution in [-0.2, 0) is 11.3 Å². The van der Waals surface area contributed by atoms with E-state index in [4.69, 9.17) is 0 Å². The first-order chi connectivity index (χ1) is 9.08. The van der Waals surface area contributed by atoms with Crippen LogP contribution in [0.25, 0.3) is 0 Å². The molecule has 1 aromatic carbocycles. The summed E-state index contributed by atoms with van der Waals surface area (Å²) in [7, 11) is 0. The van der Waals surface area contributed by atoms with Crippen molar-refractivity contribution < 1.29 is 9.90 Å². The van der Waals surface area contributed by atoms with Gasteiger partial charge in [0, 0.05) is 38.2 Å². The number of carbonyl (C=O) groups is 1. The number of nitrogens with zero attached hydrogens (tertiary/aromatic N) is 1. The normalized spacial score (nSPS) is 10.5. The molecule has 0 saturated carbocycles. The van der Waals surface area contributed by atoms with Gasteiger partial charge in [-0.05, 0) is 26.8 Å². The topological polar surface area (TPSA) is 52.6 Å². The molecule has 0 radical (unpaired) electrons. The second-order valence-electron chi connectivity index (χ2n) is 4.62. The van der Waals surface area contributed by atoms with Crippen molar-refractivity contribution in [2.75, 3.05) is 19.6 Å². The molecule has 0 heterocycles. The van der Waals surface area contributed by atoms with Crippen molar-refractivity contribution in [2.24, 2.45) is 0 Å². The summed E-state index contributed by atoms with van der Waals surface area (Å²) in [4.78, 5) is 13.6. The SMILES string of the molecule is CCN(CC)C(=O)CCNCc1cc(C)ccc1O. The van der Waals surface area contributed by atoms with Gasteiger partial charge in [-0.1, -0.05) is 17.7 Å². The predicted octanol–water partition coefficient (Wildman–Crippen LogP) is 2.05. The Morgan fingerprint density at radius 1 is 1.32 bits per heavy atom. The first-order valence-corrected chi connectivity index (χ1v) is 6.85. The van der Waals surface area contributed by atoms with Crippen LogP contribution >= 0.6 is 0 Å². The Balaban J connectivity index is 2.35. The maximum Gasteiger partial charge on any atom is 0.223 e. The molecule has 1 amide bonds. The number of benzene rings is 1. The summed E-state index contributed by atoms with van der Waals surface area (Å²) in [6.45, 7) is 8.69. The van der Waals surface area contributed by atoms with Gasteiger partial charge in [-0.25, -0.2) is 0 Å². The van der Waals surface area contributed by atoms with Crippen molar-refractivity contribution in [3.05, 3.63) is 29.3 Å². The van der Waals surface area contributed by atoms with Crippen molar-refractivity contribution in [3.63, 3.8) is 0 Å². The molecular weight excluding hydrogens is 240 g/mol. The van der Waals surface area contributed by atoms with Crippen LogP contribution in [0.1, 0.15) is 31.4 Å². The molecule has 0 fully saturated rings. The molecule has 1 rings (SSSR count). The third kappa shape index (κ3) is 4.91. The third-order valence-corrected chi connectivity index (χ3v) is 3.18. The number of phenolic OH excluding ortho intramolecular Hbond substituents is 1. The monoisotopic (exact) mass is 264 g/mol. The average molecular weight is 264 g/mol. The lowest BCUT2D eigenvalue weighted by Gasteiger charge is -2.18. The second kappa shape index (κ2) is 7.79. The minimum atomic E-state index is 0.172. The first-order valence-electron chi connectivity index (χ1n) is 6.85. The van der Waals surface area contributed by atoms with Gasteiger partial charge in [0.15, 0.2) is 0 Å². The van der Waals surface area contributed by atoms with Crippen molar-refractivity contribution in [2.45, 2.75) is 33.7 Å². The minimum absolute atomic E-state index is 0.172. The van der Waals surface area contributed by atoms with E-state index in [1.165, 1.54) is 0 Å². The summed E-state index contributed by atoms with van der Waals surface area (Å²) < 4.78 is 0. The molecule has 0 spiro atoms. The Bertz CT molecular complexity index is 415. The van der Waals surface area contributed by atoms with E-state index < -0.39 is 0 Å². The summed E-state index contributed by atoms with van der Waals surface area (Å²) >= 11 is 0. The molecule has 0 aliphatic heterocycles. The van der Waals surface area contributed by atoms with Gasteiger partial charge in [0.1, 0.15) is 5.75 Å². The quantitative estimate of drug-likeness (QED) is 0.741. The van der Waals surface area contributed by atoms with E-state index in [-0.39, 0.29) is 5.91 Å². The first kappa shape index (κ1) is 15.5. The summed E-state index contributed by atoms with van der Waals surface area (Å²) in [5.41, 5.74) is 1.99. The van der Waals surface area contributed by atoms with Crippen LogP contribution in [0, 0.1) is 6.92 Å². The molecule has 0 aliphatic rings. The van der Waals surface area contributed by atoms with Crippen molar-refractivity contribution in [1.82, 2.24) is 10.2 Å². The predicted molar refractivity (Wildman–Crippen MR) is 77.1 cm³/mol. The molecule has 2 N–H and O–H groups in total. The van der Waals surface area contributed by atoms with Gasteiger partial charge < -0.3 is 15.3 Å². The molecule has 0 atom stereocenters. The lowest BCUT2D eigenvalue weighted by Crippen LogP contribution is -2.32. The molecule has 0 saturated heterocycles. The molecule has 4 nitrogen and oxygen atoms in total. The Morgan fingerprint density at radius 2 is 2.00 bits per heavy atom. The van der Waals surface area contributed by atoms with E-state index in [1.54, 1.807) is 6.07 Å². The number of rotatable bonds is 7. The molecule has 0 aliphatic carbocycles. The van der Waals surface area contributed by atoms with E-state index in [0.29, 0.717) is 25.3 Å². The molecule has 0 aromatic heterocycles. The standard InChI is InChI=1S/C15H24N2O2/c1-4-17(5-2)15(19)8-9-16-11-13-10-12(3)6-7-14(13)18/h6-7,10,16,18H,4-5,8-9,11H2,1-3H3. The highest BCUT2D eigenvalue weighted by molar-refractivity contribution is 5.76. The van der Waals surface area contributed by atoms with E-state index in [9.17, 15) is 9.90 Å². The average Bonchev–Trinajstić information content (AvgIpc) is 2.40. The second-order valence-corrected chi connectivity index (χ2v) is 4.62. The van der Waals surface area contributed by atoms with Crippen molar-refractivity contribution >= 4 is 5.91 Å². The molecular formula is C15H24N2O2. The van der Waals surface area contributed by atoms with E-state index in [0.717, 1.165) is 24.2 Å². The van der Waals surface area contributed by atoms with Crippen molar-refractivity contribution in [1.29, 1.82) is 0 Å². The number of amides is 1. The Hall–Kier alpha value is -1.55. The lowest BCUT2D eigenvalue weighted by molar-refractivity contribution is -0.130. The van der Waals surface area contributed by atoms with Gasteiger partial charge in [-0.15, -0.1) is 0 Å². The van der Waals surface area contributed by atoms with Gasteiger partial charge in [-0.2, -0.15) is 0 Å². The summed E-state index contributed by atoms with van der Waals surface area (Å²) in [6.07, 6.45) is 0.494. The van der Waals surface area contributed by atoms with Crippen LogP contribution < -0.4 is 5.32 Å². The number of hydrogen-bond donors (Lipinski definition) is 2. The van der Waals surface area contributed by atoms with E-state index in [2.05, 4.69) is 5.32 Å². The Morgan fingerprint density at radius 3 is 2.63 bits per heavy atom. The highest BCUT2D eigenvalue weighted by Gasteiger charge is 2.08. The zero-order chi connectivity index (χ0) is 14.3. The highest BCUT2D eigenvalue weighted by Crippen LogP contribution is 2.17. The Labute approximate surface area is 115 Å². The molecule has 19 heavy (non-hydrogen) atoms. The summed E-state index contributed by atoms with van der Waals surface area (Å²) in [5.74, 6) is 0.471. The molecule has 4 heteroatoms. The van der Waals surface area contributed by atoms with Crippen LogP contribution in [-0.4, -0.2) is 35.5 Å². The van der Waals surface area contributed by atoms with Gasteiger partial charge in [0.05, 0.1) is 0 Å². The molecule has 0 bridgehead atoms. The maximum absolute atomic E-state index is 11.8. The fourth-order valence-corrected chi connectivity index (χ4v) is 2.01. The number of hydrogen-bond acceptors (Lipinski definition) is 3. The number of phenols is 1. The van der Waals surface area contributed by atoms with Gasteiger partial charge in [0.25, 0.3) is 0 Å². The third-order valence-electron chi connectivity index (χ3n) is 3.18. The maximum atomic E-state index is 11.8. The molecule has 106 valence electrons. The minimum Gasteiger partial charge on any atom is -0.508 e. The van der Waals surface area contributed by atoms with Crippen molar-refractivity contribution in [3.8, 4) is 5.75 Å². The highest BCUT2D eigenvalue weighted by atomic mass is 16.3. The number of nitrogens with one attached hydrogen (secondary N) is 1. The van der Waals surface area contributed by atoms with Gasteiger partial charge in [0.2, 0.25) is 5.91 Å².